The molecule has 0 spiro atoms. The van der Waals surface area contributed by atoms with E-state index in [1.54, 1.807) is 0 Å². The lowest BCUT2D eigenvalue weighted by Crippen LogP contribution is -2.29. The maximum absolute atomic E-state index is 5.67. The second-order valence-corrected chi connectivity index (χ2v) is 5.27. The Bertz CT molecular complexity index is 479. The van der Waals surface area contributed by atoms with Crippen molar-refractivity contribution in [2.45, 2.75) is 13.0 Å². The van der Waals surface area contributed by atoms with Gasteiger partial charge in [-0.25, -0.2) is 0 Å². The number of nitrogens with one attached hydrogen (secondary N) is 1. The Morgan fingerprint density at radius 2 is 1.94 bits per heavy atom. The fourth-order valence-electron chi connectivity index (χ4n) is 2.02. The van der Waals surface area contributed by atoms with Gasteiger partial charge in [0.25, 0.3) is 0 Å². The maximum Gasteiger partial charge on any atom is 0.0556 e. The third-order valence-corrected chi connectivity index (χ3v) is 3.87. The molecule has 0 fully saturated rings. The monoisotopic (exact) mass is 246 g/mol. The van der Waals surface area contributed by atoms with Gasteiger partial charge >= 0.3 is 0 Å². The fourth-order valence-corrected chi connectivity index (χ4v) is 2.76. The van der Waals surface area contributed by atoms with Crippen molar-refractivity contribution in [3.05, 3.63) is 48.0 Å². The van der Waals surface area contributed by atoms with Crippen LogP contribution in [0.1, 0.15) is 18.5 Å². The van der Waals surface area contributed by atoms with Gasteiger partial charge in [0, 0.05) is 5.75 Å². The van der Waals surface area contributed by atoms with E-state index in [4.69, 9.17) is 5.84 Å². The minimum atomic E-state index is 0.214. The van der Waals surface area contributed by atoms with Gasteiger partial charge in [0.2, 0.25) is 0 Å². The number of hydrogen-bond donors (Lipinski definition) is 2. The molecule has 0 aliphatic heterocycles. The summed E-state index contributed by atoms with van der Waals surface area (Å²) in [6, 6.07) is 15.0. The number of rotatable bonds is 5. The van der Waals surface area contributed by atoms with Crippen LogP contribution in [0.5, 0.6) is 0 Å². The van der Waals surface area contributed by atoms with Crippen LogP contribution in [0.25, 0.3) is 10.8 Å². The van der Waals surface area contributed by atoms with Crippen LogP contribution in [0.4, 0.5) is 0 Å². The predicted molar refractivity (Wildman–Crippen MR) is 77.0 cm³/mol. The summed E-state index contributed by atoms with van der Waals surface area (Å²) in [4.78, 5) is 0. The normalized spacial score (nSPS) is 12.8. The summed E-state index contributed by atoms with van der Waals surface area (Å²) in [6.07, 6.45) is 0. The quantitative estimate of drug-likeness (QED) is 0.629. The molecule has 0 aliphatic carbocycles. The SMILES string of the molecule is CCSCC(NN)c1cccc2ccccc12. The van der Waals surface area contributed by atoms with Gasteiger partial charge in [-0.3, -0.25) is 11.3 Å². The van der Waals surface area contributed by atoms with Crippen LogP contribution < -0.4 is 11.3 Å². The standard InChI is InChI=1S/C14H18N2S/c1-2-17-10-14(16-15)13-9-5-7-11-6-3-4-8-12(11)13/h3-9,14,16H,2,10,15H2,1H3. The van der Waals surface area contributed by atoms with E-state index in [-0.39, 0.29) is 6.04 Å². The van der Waals surface area contributed by atoms with Crippen molar-refractivity contribution in [2.75, 3.05) is 11.5 Å². The molecule has 90 valence electrons. The Hall–Kier alpha value is -1.03. The van der Waals surface area contributed by atoms with Crippen molar-refractivity contribution in [2.24, 2.45) is 5.84 Å². The number of hydrazine groups is 1. The highest BCUT2D eigenvalue weighted by Crippen LogP contribution is 2.26. The molecule has 0 saturated heterocycles. The summed E-state index contributed by atoms with van der Waals surface area (Å²) in [6.45, 7) is 2.17. The second-order valence-electron chi connectivity index (χ2n) is 3.95. The van der Waals surface area contributed by atoms with Crippen molar-refractivity contribution >= 4 is 22.5 Å². The predicted octanol–water partition coefficient (Wildman–Crippen LogP) is 3.10. The molecule has 1 atom stereocenters. The van der Waals surface area contributed by atoms with Gasteiger partial charge in [-0.05, 0) is 22.1 Å². The molecule has 0 heterocycles. The highest BCUT2D eigenvalue weighted by atomic mass is 32.2. The summed E-state index contributed by atoms with van der Waals surface area (Å²) < 4.78 is 0. The average Bonchev–Trinajstić information content (AvgIpc) is 2.40. The summed E-state index contributed by atoms with van der Waals surface area (Å²) in [5, 5.41) is 2.56. The molecule has 2 aromatic rings. The first kappa shape index (κ1) is 12.4. The second kappa shape index (κ2) is 6.05. The van der Waals surface area contributed by atoms with Crippen LogP contribution in [0.3, 0.4) is 0 Å². The number of benzene rings is 2. The number of fused-ring (bicyclic) bond motifs is 1. The van der Waals surface area contributed by atoms with Gasteiger partial charge in [-0.1, -0.05) is 49.4 Å². The maximum atomic E-state index is 5.67. The molecular formula is C14H18N2S. The van der Waals surface area contributed by atoms with E-state index in [9.17, 15) is 0 Å². The summed E-state index contributed by atoms with van der Waals surface area (Å²) in [7, 11) is 0. The van der Waals surface area contributed by atoms with Crippen molar-refractivity contribution in [3.8, 4) is 0 Å². The van der Waals surface area contributed by atoms with E-state index in [2.05, 4.69) is 54.8 Å². The largest absolute Gasteiger partial charge is 0.271 e. The van der Waals surface area contributed by atoms with Gasteiger partial charge in [-0.2, -0.15) is 11.8 Å². The van der Waals surface area contributed by atoms with Gasteiger partial charge < -0.3 is 0 Å². The van der Waals surface area contributed by atoms with Gasteiger partial charge in [0.1, 0.15) is 0 Å². The molecule has 17 heavy (non-hydrogen) atoms. The lowest BCUT2D eigenvalue weighted by molar-refractivity contribution is 0.615. The van der Waals surface area contributed by atoms with Gasteiger partial charge in [-0.15, -0.1) is 0 Å². The Kier molecular flexibility index (Phi) is 4.42. The molecular weight excluding hydrogens is 228 g/mol. The Labute approximate surface area is 107 Å². The van der Waals surface area contributed by atoms with Crippen molar-refractivity contribution < 1.29 is 0 Å². The molecule has 0 amide bonds. The molecule has 0 bridgehead atoms. The lowest BCUT2D eigenvalue weighted by Gasteiger charge is -2.17. The van der Waals surface area contributed by atoms with Crippen LogP contribution >= 0.6 is 11.8 Å². The van der Waals surface area contributed by atoms with Crippen molar-refractivity contribution in [1.29, 1.82) is 0 Å². The van der Waals surface area contributed by atoms with E-state index in [1.165, 1.54) is 16.3 Å². The lowest BCUT2D eigenvalue weighted by atomic mass is 10.00. The van der Waals surface area contributed by atoms with Crippen LogP contribution in [0, 0.1) is 0 Å². The summed E-state index contributed by atoms with van der Waals surface area (Å²) in [5.41, 5.74) is 4.21. The van der Waals surface area contributed by atoms with E-state index in [1.807, 2.05) is 11.8 Å². The molecule has 3 N–H and O–H groups in total. The molecule has 1 unspecified atom stereocenters. The highest BCUT2D eigenvalue weighted by molar-refractivity contribution is 7.99. The molecule has 2 rings (SSSR count). The first-order valence-electron chi connectivity index (χ1n) is 5.88. The van der Waals surface area contributed by atoms with Crippen molar-refractivity contribution in [3.63, 3.8) is 0 Å². The third kappa shape index (κ3) is 2.80. The highest BCUT2D eigenvalue weighted by Gasteiger charge is 2.11. The van der Waals surface area contributed by atoms with Crippen molar-refractivity contribution in [1.82, 2.24) is 5.43 Å². The average molecular weight is 246 g/mol. The fraction of sp³-hybridized carbons (Fsp3) is 0.286. The Morgan fingerprint density at radius 3 is 2.71 bits per heavy atom. The van der Waals surface area contributed by atoms with E-state index in [0.717, 1.165) is 11.5 Å². The molecule has 3 heteroatoms. The zero-order valence-corrected chi connectivity index (χ0v) is 10.8. The summed E-state index contributed by atoms with van der Waals surface area (Å²) >= 11 is 1.90. The number of hydrogen-bond acceptors (Lipinski definition) is 3. The number of thioether (sulfide) groups is 1. The van der Waals surface area contributed by atoms with Gasteiger partial charge in [0.05, 0.1) is 6.04 Å². The first-order chi connectivity index (χ1) is 8.36. The van der Waals surface area contributed by atoms with Crippen LogP contribution in [0.15, 0.2) is 42.5 Å². The molecule has 0 radical (unpaired) electrons. The Balaban J connectivity index is 2.38. The summed E-state index contributed by atoms with van der Waals surface area (Å²) in [5.74, 6) is 7.79. The van der Waals surface area contributed by atoms with Crippen LogP contribution in [-0.2, 0) is 0 Å². The molecule has 0 aliphatic rings. The van der Waals surface area contributed by atoms with Crippen LogP contribution in [-0.4, -0.2) is 11.5 Å². The van der Waals surface area contributed by atoms with E-state index >= 15 is 0 Å². The molecule has 2 aromatic carbocycles. The Morgan fingerprint density at radius 1 is 1.18 bits per heavy atom. The van der Waals surface area contributed by atoms with Crippen LogP contribution in [0.2, 0.25) is 0 Å². The third-order valence-electron chi connectivity index (χ3n) is 2.89. The zero-order valence-electron chi connectivity index (χ0n) is 10.0. The first-order valence-corrected chi connectivity index (χ1v) is 7.03. The molecule has 2 nitrogen and oxygen atoms in total. The number of nitrogens with two attached hydrogens (primary N) is 1. The molecule has 0 saturated carbocycles. The minimum Gasteiger partial charge on any atom is -0.271 e. The topological polar surface area (TPSA) is 38.0 Å². The molecule has 0 aromatic heterocycles. The minimum absolute atomic E-state index is 0.214. The zero-order chi connectivity index (χ0) is 12.1. The van der Waals surface area contributed by atoms with E-state index in [0.29, 0.717) is 0 Å². The smallest absolute Gasteiger partial charge is 0.0556 e. The van der Waals surface area contributed by atoms with E-state index < -0.39 is 0 Å². The van der Waals surface area contributed by atoms with Gasteiger partial charge in [0.15, 0.2) is 0 Å².